The van der Waals surface area contributed by atoms with Gasteiger partial charge in [0.2, 0.25) is 0 Å². The van der Waals surface area contributed by atoms with Crippen LogP contribution in [-0.4, -0.2) is 14.5 Å². The maximum absolute atomic E-state index is 11.0. The molecule has 0 saturated heterocycles. The van der Waals surface area contributed by atoms with Gasteiger partial charge in [-0.3, -0.25) is 14.7 Å². The minimum atomic E-state index is -0.895. The van der Waals surface area contributed by atoms with Crippen molar-refractivity contribution >= 4 is 0 Å². The van der Waals surface area contributed by atoms with E-state index in [2.05, 4.69) is 4.98 Å². The molecule has 5 nitrogen and oxygen atoms in total. The number of nitrogens with zero attached hydrogens (tertiary/aromatic N) is 3. The van der Waals surface area contributed by atoms with E-state index in [0.29, 0.717) is 5.56 Å². The summed E-state index contributed by atoms with van der Waals surface area (Å²) in [6, 6.07) is 8.85. The third-order valence-corrected chi connectivity index (χ3v) is 2.10. The molecule has 2 aromatic rings. The van der Waals surface area contributed by atoms with Crippen LogP contribution in [0.1, 0.15) is 11.7 Å². The second-order valence-electron chi connectivity index (χ2n) is 3.08. The lowest BCUT2D eigenvalue weighted by atomic mass is 10.2. The summed E-state index contributed by atoms with van der Waals surface area (Å²) in [6.45, 7) is 0. The van der Waals surface area contributed by atoms with E-state index in [-0.39, 0.29) is 4.92 Å². The van der Waals surface area contributed by atoms with E-state index >= 15 is 0 Å². The lowest BCUT2D eigenvalue weighted by Gasteiger charge is -2.09. The molecule has 0 fully saturated rings. The van der Waals surface area contributed by atoms with E-state index in [9.17, 15) is 10.1 Å². The molecule has 1 aromatic carbocycles. The highest BCUT2D eigenvalue weighted by molar-refractivity contribution is 5.17. The molecule has 5 heteroatoms. The van der Waals surface area contributed by atoms with Gasteiger partial charge in [-0.25, -0.2) is 4.98 Å². The molecule has 2 rings (SSSR count). The van der Waals surface area contributed by atoms with Gasteiger partial charge in [0, 0.05) is 18.0 Å². The fourth-order valence-electron chi connectivity index (χ4n) is 1.44. The van der Waals surface area contributed by atoms with Gasteiger partial charge in [-0.1, -0.05) is 30.3 Å². The number of nitro groups is 1. The van der Waals surface area contributed by atoms with Crippen molar-refractivity contribution in [2.75, 3.05) is 0 Å². The normalized spacial score (nSPS) is 12.3. The van der Waals surface area contributed by atoms with Gasteiger partial charge in [-0.15, -0.1) is 0 Å². The van der Waals surface area contributed by atoms with Crippen LogP contribution in [0.2, 0.25) is 0 Å². The van der Waals surface area contributed by atoms with E-state index < -0.39 is 6.17 Å². The molecule has 0 aliphatic rings. The van der Waals surface area contributed by atoms with E-state index in [4.69, 9.17) is 0 Å². The maximum atomic E-state index is 11.0. The molecule has 0 aliphatic carbocycles. The largest absolute Gasteiger partial charge is 0.317 e. The molecule has 0 spiro atoms. The van der Waals surface area contributed by atoms with Crippen LogP contribution < -0.4 is 0 Å². The minimum absolute atomic E-state index is 0.336. The third-order valence-electron chi connectivity index (χ3n) is 2.10. The van der Waals surface area contributed by atoms with E-state index in [1.807, 2.05) is 6.07 Å². The smallest absolute Gasteiger partial charge is 0.270 e. The molecule has 15 heavy (non-hydrogen) atoms. The molecule has 0 bridgehead atoms. The molecule has 0 amide bonds. The first-order valence-corrected chi connectivity index (χ1v) is 4.45. The van der Waals surface area contributed by atoms with Crippen molar-refractivity contribution in [2.45, 2.75) is 6.17 Å². The average Bonchev–Trinajstić information content (AvgIpc) is 2.72. The number of rotatable bonds is 3. The van der Waals surface area contributed by atoms with Gasteiger partial charge < -0.3 is 0 Å². The van der Waals surface area contributed by atoms with Gasteiger partial charge in [0.05, 0.1) is 4.92 Å². The summed E-state index contributed by atoms with van der Waals surface area (Å²) in [4.78, 5) is 14.4. The second-order valence-corrected chi connectivity index (χ2v) is 3.08. The summed E-state index contributed by atoms with van der Waals surface area (Å²) in [5, 5.41) is 11.0. The zero-order chi connectivity index (χ0) is 10.7. The van der Waals surface area contributed by atoms with Crippen LogP contribution in [0.25, 0.3) is 0 Å². The number of imidazole rings is 1. The highest BCUT2D eigenvalue weighted by Gasteiger charge is 2.23. The number of aromatic nitrogens is 2. The highest BCUT2D eigenvalue weighted by atomic mass is 16.6. The SMILES string of the molecule is O=[N+]([O-])C(c1ccccc1)n1ccnc1. The van der Waals surface area contributed by atoms with Gasteiger partial charge >= 0.3 is 6.17 Å². The van der Waals surface area contributed by atoms with Crippen LogP contribution in [0.3, 0.4) is 0 Å². The van der Waals surface area contributed by atoms with Crippen LogP contribution in [0, 0.1) is 10.1 Å². The maximum Gasteiger partial charge on any atom is 0.317 e. The Balaban J connectivity index is 2.42. The lowest BCUT2D eigenvalue weighted by Crippen LogP contribution is -2.18. The van der Waals surface area contributed by atoms with Crippen molar-refractivity contribution in [1.29, 1.82) is 0 Å². The molecule has 1 heterocycles. The van der Waals surface area contributed by atoms with Crippen LogP contribution in [0.5, 0.6) is 0 Å². The zero-order valence-electron chi connectivity index (χ0n) is 7.85. The zero-order valence-corrected chi connectivity index (χ0v) is 7.85. The van der Waals surface area contributed by atoms with Crippen LogP contribution >= 0.6 is 0 Å². The minimum Gasteiger partial charge on any atom is -0.270 e. The monoisotopic (exact) mass is 203 g/mol. The van der Waals surface area contributed by atoms with Crippen molar-refractivity contribution in [3.8, 4) is 0 Å². The molecule has 0 aliphatic heterocycles. The predicted octanol–water partition coefficient (Wildman–Crippen LogP) is 1.71. The Hall–Kier alpha value is -2.17. The van der Waals surface area contributed by atoms with Gasteiger partial charge in [-0.05, 0) is 0 Å². The summed E-state index contributed by atoms with van der Waals surface area (Å²) >= 11 is 0. The number of hydrogen-bond donors (Lipinski definition) is 0. The standard InChI is InChI=1S/C10H9N3O2/c14-13(15)10(12-7-6-11-8-12)9-4-2-1-3-5-9/h1-8,10H. The molecule has 1 atom stereocenters. The summed E-state index contributed by atoms with van der Waals surface area (Å²) in [5.41, 5.74) is 0.639. The number of benzene rings is 1. The van der Waals surface area contributed by atoms with Crippen molar-refractivity contribution in [1.82, 2.24) is 9.55 Å². The first kappa shape index (κ1) is 9.39. The Morgan fingerprint density at radius 3 is 2.60 bits per heavy atom. The molecular weight excluding hydrogens is 194 g/mol. The first-order valence-electron chi connectivity index (χ1n) is 4.45. The van der Waals surface area contributed by atoms with Crippen molar-refractivity contribution in [2.24, 2.45) is 0 Å². The first-order chi connectivity index (χ1) is 7.29. The second kappa shape index (κ2) is 3.91. The third kappa shape index (κ3) is 1.85. The summed E-state index contributed by atoms with van der Waals surface area (Å²) in [7, 11) is 0. The van der Waals surface area contributed by atoms with Gasteiger partial charge in [0.1, 0.15) is 6.33 Å². The van der Waals surface area contributed by atoms with Gasteiger partial charge in [0.15, 0.2) is 0 Å². The topological polar surface area (TPSA) is 61.0 Å². The van der Waals surface area contributed by atoms with Crippen molar-refractivity contribution in [3.63, 3.8) is 0 Å². The Morgan fingerprint density at radius 1 is 1.33 bits per heavy atom. The van der Waals surface area contributed by atoms with Crippen molar-refractivity contribution < 1.29 is 4.92 Å². The molecule has 0 saturated carbocycles. The summed E-state index contributed by atoms with van der Waals surface area (Å²) < 4.78 is 1.47. The van der Waals surface area contributed by atoms with Crippen LogP contribution in [0.4, 0.5) is 0 Å². The van der Waals surface area contributed by atoms with E-state index in [0.717, 1.165) is 0 Å². The number of hydrogen-bond acceptors (Lipinski definition) is 3. The Bertz CT molecular complexity index is 439. The fourth-order valence-corrected chi connectivity index (χ4v) is 1.44. The molecule has 76 valence electrons. The Labute approximate surface area is 86.1 Å². The molecular formula is C10H9N3O2. The van der Waals surface area contributed by atoms with E-state index in [1.165, 1.54) is 17.1 Å². The molecule has 0 radical (unpaired) electrons. The van der Waals surface area contributed by atoms with Gasteiger partial charge in [0.25, 0.3) is 0 Å². The fraction of sp³-hybridized carbons (Fsp3) is 0.100. The molecule has 1 unspecified atom stereocenters. The quantitative estimate of drug-likeness (QED) is 0.563. The summed E-state index contributed by atoms with van der Waals surface area (Å²) in [5.74, 6) is 0. The van der Waals surface area contributed by atoms with Gasteiger partial charge in [-0.2, -0.15) is 0 Å². The Kier molecular flexibility index (Phi) is 2.45. The highest BCUT2D eigenvalue weighted by Crippen LogP contribution is 2.17. The lowest BCUT2D eigenvalue weighted by molar-refractivity contribution is -0.535. The molecule has 0 N–H and O–H groups in total. The van der Waals surface area contributed by atoms with Crippen LogP contribution in [-0.2, 0) is 0 Å². The summed E-state index contributed by atoms with van der Waals surface area (Å²) in [6.07, 6.45) is 3.66. The van der Waals surface area contributed by atoms with E-state index in [1.54, 1.807) is 30.5 Å². The van der Waals surface area contributed by atoms with Crippen LogP contribution in [0.15, 0.2) is 49.1 Å². The Morgan fingerprint density at radius 2 is 2.07 bits per heavy atom. The average molecular weight is 203 g/mol. The molecule has 1 aromatic heterocycles. The van der Waals surface area contributed by atoms with Crippen molar-refractivity contribution in [3.05, 3.63) is 64.7 Å². The predicted molar refractivity (Wildman–Crippen MR) is 53.8 cm³/mol.